The van der Waals surface area contributed by atoms with Crippen LogP contribution in [0, 0.1) is 5.92 Å². The van der Waals surface area contributed by atoms with Crippen LogP contribution in [0.3, 0.4) is 0 Å². The second kappa shape index (κ2) is 6.09. The van der Waals surface area contributed by atoms with Gasteiger partial charge in [-0.15, -0.1) is 0 Å². The molecule has 1 heterocycles. The zero-order chi connectivity index (χ0) is 11.3. The van der Waals surface area contributed by atoms with E-state index in [9.17, 15) is 0 Å². The van der Waals surface area contributed by atoms with Crippen LogP contribution in [0.4, 0.5) is 0 Å². The van der Waals surface area contributed by atoms with Gasteiger partial charge in [0.15, 0.2) is 0 Å². The molecule has 2 unspecified atom stereocenters. The van der Waals surface area contributed by atoms with Gasteiger partial charge in [0.1, 0.15) is 0 Å². The molecule has 0 radical (unpaired) electrons. The van der Waals surface area contributed by atoms with E-state index in [2.05, 4.69) is 24.1 Å². The van der Waals surface area contributed by atoms with E-state index in [0.717, 1.165) is 17.9 Å². The number of pyridine rings is 1. The van der Waals surface area contributed by atoms with E-state index in [1.807, 2.05) is 13.1 Å². The van der Waals surface area contributed by atoms with E-state index in [0.29, 0.717) is 12.0 Å². The Morgan fingerprint density at radius 3 is 2.80 bits per heavy atom. The van der Waals surface area contributed by atoms with Gasteiger partial charge in [-0.3, -0.25) is 4.98 Å². The molecule has 0 bridgehead atoms. The molecule has 2 atom stereocenters. The molecule has 3 heteroatoms. The molecule has 84 valence electrons. The lowest BCUT2D eigenvalue weighted by molar-refractivity contribution is 0.387. The Hall–Kier alpha value is -0.600. The molecular formula is C12H19ClN2. The third-order valence-electron chi connectivity index (χ3n) is 2.90. The molecule has 0 aliphatic carbocycles. The lowest BCUT2D eigenvalue weighted by atomic mass is 9.93. The average Bonchev–Trinajstić information content (AvgIpc) is 2.23. The van der Waals surface area contributed by atoms with Crippen molar-refractivity contribution < 1.29 is 0 Å². The van der Waals surface area contributed by atoms with E-state index < -0.39 is 0 Å². The summed E-state index contributed by atoms with van der Waals surface area (Å²) >= 11 is 6.08. The van der Waals surface area contributed by atoms with Gasteiger partial charge in [0.05, 0.1) is 5.02 Å². The fraction of sp³-hybridized carbons (Fsp3) is 0.583. The first-order chi connectivity index (χ1) is 7.19. The van der Waals surface area contributed by atoms with E-state index in [4.69, 9.17) is 11.6 Å². The predicted octanol–water partition coefficient (Wildman–Crippen LogP) is 2.91. The zero-order valence-electron chi connectivity index (χ0n) is 9.63. The average molecular weight is 227 g/mol. The number of nitrogens with zero attached hydrogens (tertiary/aromatic N) is 1. The molecule has 0 fully saturated rings. The number of nitrogens with one attached hydrogen (secondary N) is 1. The second-order valence-corrected chi connectivity index (χ2v) is 4.36. The van der Waals surface area contributed by atoms with Crippen molar-refractivity contribution in [2.75, 3.05) is 7.05 Å². The number of rotatable bonds is 5. The molecule has 0 aliphatic rings. The van der Waals surface area contributed by atoms with Gasteiger partial charge >= 0.3 is 0 Å². The molecule has 0 saturated heterocycles. The molecule has 1 aromatic heterocycles. The van der Waals surface area contributed by atoms with Crippen LogP contribution in [0.5, 0.6) is 0 Å². The minimum Gasteiger partial charge on any atom is -0.317 e. The first kappa shape index (κ1) is 12.5. The van der Waals surface area contributed by atoms with E-state index >= 15 is 0 Å². The van der Waals surface area contributed by atoms with Gasteiger partial charge in [0.25, 0.3) is 0 Å². The normalized spacial score (nSPS) is 14.9. The van der Waals surface area contributed by atoms with Crippen LogP contribution < -0.4 is 5.32 Å². The summed E-state index contributed by atoms with van der Waals surface area (Å²) in [5.74, 6) is 0.583. The van der Waals surface area contributed by atoms with Gasteiger partial charge in [-0.2, -0.15) is 0 Å². The Labute approximate surface area is 97.1 Å². The van der Waals surface area contributed by atoms with Crippen LogP contribution in [0.15, 0.2) is 18.5 Å². The van der Waals surface area contributed by atoms with E-state index in [1.165, 1.54) is 5.56 Å². The van der Waals surface area contributed by atoms with Crippen LogP contribution in [0.2, 0.25) is 5.02 Å². The highest BCUT2D eigenvalue weighted by Gasteiger charge is 2.14. The number of hydrogen-bond acceptors (Lipinski definition) is 2. The highest BCUT2D eigenvalue weighted by atomic mass is 35.5. The number of hydrogen-bond donors (Lipinski definition) is 1. The van der Waals surface area contributed by atoms with Crippen LogP contribution in [-0.2, 0) is 6.42 Å². The maximum Gasteiger partial charge on any atom is 0.0621 e. The lowest BCUT2D eigenvalue weighted by Crippen LogP contribution is -2.32. The third kappa shape index (κ3) is 3.47. The number of halogens is 1. The minimum atomic E-state index is 0.550. The maximum absolute atomic E-state index is 6.08. The Balaban J connectivity index is 2.65. The molecule has 1 rings (SSSR count). The van der Waals surface area contributed by atoms with Crippen molar-refractivity contribution in [2.45, 2.75) is 32.7 Å². The molecule has 0 aromatic carbocycles. The van der Waals surface area contributed by atoms with Gasteiger partial charge in [0, 0.05) is 18.4 Å². The summed E-state index contributed by atoms with van der Waals surface area (Å²) in [6, 6.07) is 2.55. The summed E-state index contributed by atoms with van der Waals surface area (Å²) in [5.41, 5.74) is 1.19. The third-order valence-corrected chi connectivity index (χ3v) is 3.24. The molecule has 0 amide bonds. The molecule has 0 aliphatic heterocycles. The summed E-state index contributed by atoms with van der Waals surface area (Å²) in [6.07, 6.45) is 5.65. The Morgan fingerprint density at radius 1 is 1.53 bits per heavy atom. The Kier molecular flexibility index (Phi) is 5.06. The summed E-state index contributed by atoms with van der Waals surface area (Å²) in [4.78, 5) is 3.99. The number of aromatic nitrogens is 1. The molecular weight excluding hydrogens is 208 g/mol. The second-order valence-electron chi connectivity index (χ2n) is 3.95. The molecule has 2 nitrogen and oxygen atoms in total. The van der Waals surface area contributed by atoms with Crippen molar-refractivity contribution in [2.24, 2.45) is 5.92 Å². The van der Waals surface area contributed by atoms with Crippen molar-refractivity contribution in [3.05, 3.63) is 29.0 Å². The van der Waals surface area contributed by atoms with Gasteiger partial charge < -0.3 is 5.32 Å². The van der Waals surface area contributed by atoms with Crippen LogP contribution in [0.25, 0.3) is 0 Å². The minimum absolute atomic E-state index is 0.550. The summed E-state index contributed by atoms with van der Waals surface area (Å²) in [5, 5.41) is 4.11. The quantitative estimate of drug-likeness (QED) is 0.835. The molecule has 1 N–H and O–H groups in total. The highest BCUT2D eigenvalue weighted by molar-refractivity contribution is 6.31. The molecule has 0 spiro atoms. The van der Waals surface area contributed by atoms with Crippen molar-refractivity contribution >= 4 is 11.6 Å². The van der Waals surface area contributed by atoms with Gasteiger partial charge in [-0.05, 0) is 37.4 Å². The fourth-order valence-corrected chi connectivity index (χ4v) is 2.15. The summed E-state index contributed by atoms with van der Waals surface area (Å²) in [6.45, 7) is 4.45. The molecule has 0 saturated carbocycles. The van der Waals surface area contributed by atoms with Crippen molar-refractivity contribution in [3.63, 3.8) is 0 Å². The standard InChI is InChI=1S/C12H19ClN2/c1-4-12(14-3)9(2)7-10-5-6-15-8-11(10)13/h5-6,8-9,12,14H,4,7H2,1-3H3. The predicted molar refractivity (Wildman–Crippen MR) is 65.3 cm³/mol. The van der Waals surface area contributed by atoms with E-state index in [1.54, 1.807) is 12.4 Å². The first-order valence-corrected chi connectivity index (χ1v) is 5.82. The largest absolute Gasteiger partial charge is 0.317 e. The fourth-order valence-electron chi connectivity index (χ4n) is 1.95. The van der Waals surface area contributed by atoms with Crippen molar-refractivity contribution in [3.8, 4) is 0 Å². The highest BCUT2D eigenvalue weighted by Crippen LogP contribution is 2.20. The molecule has 15 heavy (non-hydrogen) atoms. The topological polar surface area (TPSA) is 24.9 Å². The van der Waals surface area contributed by atoms with Crippen LogP contribution in [0.1, 0.15) is 25.8 Å². The Morgan fingerprint density at radius 2 is 2.27 bits per heavy atom. The SMILES string of the molecule is CCC(NC)C(C)Cc1ccncc1Cl. The summed E-state index contributed by atoms with van der Waals surface area (Å²) < 4.78 is 0. The van der Waals surface area contributed by atoms with Crippen molar-refractivity contribution in [1.82, 2.24) is 10.3 Å². The monoisotopic (exact) mass is 226 g/mol. The Bertz CT molecular complexity index is 297. The smallest absolute Gasteiger partial charge is 0.0621 e. The van der Waals surface area contributed by atoms with Crippen LogP contribution >= 0.6 is 11.6 Å². The van der Waals surface area contributed by atoms with Gasteiger partial charge in [0.2, 0.25) is 0 Å². The first-order valence-electron chi connectivity index (χ1n) is 5.44. The van der Waals surface area contributed by atoms with Crippen LogP contribution in [-0.4, -0.2) is 18.1 Å². The molecule has 1 aromatic rings. The van der Waals surface area contributed by atoms with Crippen molar-refractivity contribution in [1.29, 1.82) is 0 Å². The maximum atomic E-state index is 6.08. The summed E-state index contributed by atoms with van der Waals surface area (Å²) in [7, 11) is 2.01. The van der Waals surface area contributed by atoms with Gasteiger partial charge in [-0.1, -0.05) is 25.4 Å². The van der Waals surface area contributed by atoms with E-state index in [-0.39, 0.29) is 0 Å². The zero-order valence-corrected chi connectivity index (χ0v) is 10.4. The lowest BCUT2D eigenvalue weighted by Gasteiger charge is -2.22. The van der Waals surface area contributed by atoms with Gasteiger partial charge in [-0.25, -0.2) is 0 Å².